The van der Waals surface area contributed by atoms with E-state index in [4.69, 9.17) is 0 Å². The minimum absolute atomic E-state index is 0.246. The Morgan fingerprint density at radius 1 is 1.28 bits per heavy atom. The molecule has 0 bridgehead atoms. The molecule has 18 heavy (non-hydrogen) atoms. The Balaban J connectivity index is 2.73. The highest BCUT2D eigenvalue weighted by Crippen LogP contribution is 2.14. The number of hydrogen-bond donors (Lipinski definition) is 3. The summed E-state index contributed by atoms with van der Waals surface area (Å²) in [6, 6.07) is 5.06. The van der Waals surface area contributed by atoms with Crippen LogP contribution in [0.25, 0.3) is 0 Å². The molecule has 1 rings (SSSR count). The molecule has 4 nitrogen and oxygen atoms in total. The van der Waals surface area contributed by atoms with Gasteiger partial charge in [0.1, 0.15) is 6.04 Å². The van der Waals surface area contributed by atoms with Gasteiger partial charge in [0.2, 0.25) is 11.8 Å². The van der Waals surface area contributed by atoms with E-state index in [1.54, 1.807) is 0 Å². The highest BCUT2D eigenvalue weighted by Gasteiger charge is 2.17. The Morgan fingerprint density at radius 2 is 1.94 bits per heavy atom. The predicted molar refractivity (Wildman–Crippen MR) is 76.0 cm³/mol. The van der Waals surface area contributed by atoms with Gasteiger partial charge in [-0.05, 0) is 37.1 Å². The third-order valence-electron chi connectivity index (χ3n) is 2.65. The number of benzene rings is 1. The number of carbonyl (C=O) groups is 2. The lowest BCUT2D eigenvalue weighted by molar-refractivity contribution is -0.124. The minimum Gasteiger partial charge on any atom is -0.344 e. The Morgan fingerprint density at radius 3 is 2.44 bits per heavy atom. The summed E-state index contributed by atoms with van der Waals surface area (Å²) in [6.07, 6.45) is 0. The van der Waals surface area contributed by atoms with Gasteiger partial charge in [-0.1, -0.05) is 6.07 Å². The van der Waals surface area contributed by atoms with Gasteiger partial charge in [-0.25, -0.2) is 0 Å². The molecule has 0 aliphatic rings. The molecule has 1 unspecified atom stereocenters. The Kier molecular flexibility index (Phi) is 5.22. The van der Waals surface area contributed by atoms with E-state index >= 15 is 0 Å². The van der Waals surface area contributed by atoms with Gasteiger partial charge in [-0.15, -0.1) is 0 Å². The molecule has 1 aromatic carbocycles. The Bertz CT molecular complexity index is 460. The van der Waals surface area contributed by atoms with E-state index in [9.17, 15) is 9.59 Å². The van der Waals surface area contributed by atoms with Crippen molar-refractivity contribution >= 4 is 30.1 Å². The fraction of sp³-hybridized carbons (Fsp3) is 0.385. The average molecular weight is 266 g/mol. The van der Waals surface area contributed by atoms with Gasteiger partial charge in [-0.2, -0.15) is 12.6 Å². The van der Waals surface area contributed by atoms with Gasteiger partial charge < -0.3 is 10.6 Å². The van der Waals surface area contributed by atoms with Crippen molar-refractivity contribution in [3.8, 4) is 0 Å². The van der Waals surface area contributed by atoms with Gasteiger partial charge in [-0.3, -0.25) is 9.59 Å². The molecule has 2 N–H and O–H groups in total. The Hall–Kier alpha value is -1.49. The maximum absolute atomic E-state index is 11.9. The first-order chi connectivity index (χ1) is 8.43. The van der Waals surface area contributed by atoms with Gasteiger partial charge in [0, 0.05) is 18.4 Å². The second kappa shape index (κ2) is 6.44. The van der Waals surface area contributed by atoms with E-state index in [1.165, 1.54) is 12.5 Å². The number of amides is 2. The zero-order chi connectivity index (χ0) is 13.7. The van der Waals surface area contributed by atoms with Crippen LogP contribution in [0.15, 0.2) is 18.2 Å². The van der Waals surface area contributed by atoms with E-state index in [0.717, 1.165) is 11.3 Å². The fourth-order valence-corrected chi connectivity index (χ4v) is 1.75. The number of nitrogens with one attached hydrogen (secondary N) is 2. The van der Waals surface area contributed by atoms with Crippen molar-refractivity contribution in [1.29, 1.82) is 0 Å². The molecule has 0 heterocycles. The van der Waals surface area contributed by atoms with Gasteiger partial charge >= 0.3 is 0 Å². The van der Waals surface area contributed by atoms with Crippen LogP contribution in [-0.4, -0.2) is 23.6 Å². The second-order valence-corrected chi connectivity index (χ2v) is 4.59. The van der Waals surface area contributed by atoms with Crippen molar-refractivity contribution in [2.45, 2.75) is 26.8 Å². The standard InChI is InChI=1S/C13H18N2O2S/c1-8-4-5-11(6-9(8)2)15-13(17)12(7-18)14-10(3)16/h4-6,12,18H,7H2,1-3H3,(H,14,16)(H,15,17). The summed E-state index contributed by atoms with van der Waals surface area (Å²) < 4.78 is 0. The average Bonchev–Trinajstić information content (AvgIpc) is 2.30. The number of anilines is 1. The van der Waals surface area contributed by atoms with Crippen LogP contribution in [0.2, 0.25) is 0 Å². The first-order valence-corrected chi connectivity index (χ1v) is 6.33. The van der Waals surface area contributed by atoms with Crippen LogP contribution in [-0.2, 0) is 9.59 Å². The van der Waals surface area contributed by atoms with Crippen molar-refractivity contribution in [3.05, 3.63) is 29.3 Å². The van der Waals surface area contributed by atoms with Crippen molar-refractivity contribution in [1.82, 2.24) is 5.32 Å². The number of thiol groups is 1. The SMILES string of the molecule is CC(=O)NC(CS)C(=O)Nc1ccc(C)c(C)c1. The number of carbonyl (C=O) groups excluding carboxylic acids is 2. The van der Waals surface area contributed by atoms with Crippen LogP contribution < -0.4 is 10.6 Å². The van der Waals surface area contributed by atoms with E-state index in [1.807, 2.05) is 32.0 Å². The molecule has 0 aliphatic heterocycles. The minimum atomic E-state index is -0.618. The highest BCUT2D eigenvalue weighted by atomic mass is 32.1. The lowest BCUT2D eigenvalue weighted by Gasteiger charge is -2.15. The normalized spacial score (nSPS) is 11.8. The van der Waals surface area contributed by atoms with Crippen LogP contribution in [0.3, 0.4) is 0 Å². The summed E-state index contributed by atoms with van der Waals surface area (Å²) in [7, 11) is 0. The molecule has 0 spiro atoms. The van der Waals surface area contributed by atoms with Gasteiger partial charge in [0.25, 0.3) is 0 Å². The topological polar surface area (TPSA) is 58.2 Å². The largest absolute Gasteiger partial charge is 0.344 e. The van der Waals surface area contributed by atoms with E-state index in [2.05, 4.69) is 23.3 Å². The summed E-state index contributed by atoms with van der Waals surface area (Å²) in [6.45, 7) is 5.36. The van der Waals surface area contributed by atoms with Gasteiger partial charge in [0.05, 0.1) is 0 Å². The molecular formula is C13H18N2O2S. The zero-order valence-electron chi connectivity index (χ0n) is 10.8. The van der Waals surface area contributed by atoms with Gasteiger partial charge in [0.15, 0.2) is 0 Å². The first kappa shape index (κ1) is 14.6. The van der Waals surface area contributed by atoms with Crippen LogP contribution in [0.1, 0.15) is 18.1 Å². The first-order valence-electron chi connectivity index (χ1n) is 5.70. The maximum Gasteiger partial charge on any atom is 0.247 e. The number of aryl methyl sites for hydroxylation is 2. The summed E-state index contributed by atoms with van der Waals surface area (Å²) in [4.78, 5) is 22.8. The fourth-order valence-electron chi connectivity index (χ4n) is 1.49. The maximum atomic E-state index is 11.9. The molecule has 1 atom stereocenters. The molecule has 0 saturated carbocycles. The monoisotopic (exact) mass is 266 g/mol. The molecule has 5 heteroatoms. The molecule has 2 amide bonds. The molecule has 0 saturated heterocycles. The highest BCUT2D eigenvalue weighted by molar-refractivity contribution is 7.80. The van der Waals surface area contributed by atoms with Crippen molar-refractivity contribution < 1.29 is 9.59 Å². The van der Waals surface area contributed by atoms with Crippen molar-refractivity contribution in [3.63, 3.8) is 0 Å². The van der Waals surface area contributed by atoms with Crippen LogP contribution >= 0.6 is 12.6 Å². The lowest BCUT2D eigenvalue weighted by atomic mass is 10.1. The van der Waals surface area contributed by atoms with Crippen molar-refractivity contribution in [2.24, 2.45) is 0 Å². The molecule has 0 aliphatic carbocycles. The third kappa shape index (κ3) is 4.07. The lowest BCUT2D eigenvalue weighted by Crippen LogP contribution is -2.44. The molecule has 0 aromatic heterocycles. The molecule has 0 fully saturated rings. The van der Waals surface area contributed by atoms with Crippen LogP contribution in [0.5, 0.6) is 0 Å². The quantitative estimate of drug-likeness (QED) is 0.726. The predicted octanol–water partition coefficient (Wildman–Crippen LogP) is 1.68. The van der Waals surface area contributed by atoms with E-state index in [0.29, 0.717) is 0 Å². The summed E-state index contributed by atoms with van der Waals surface area (Å²) >= 11 is 4.06. The Labute approximate surface area is 113 Å². The zero-order valence-corrected chi connectivity index (χ0v) is 11.7. The smallest absolute Gasteiger partial charge is 0.247 e. The molecule has 98 valence electrons. The second-order valence-electron chi connectivity index (χ2n) is 4.22. The third-order valence-corrected chi connectivity index (χ3v) is 3.02. The van der Waals surface area contributed by atoms with E-state index < -0.39 is 6.04 Å². The van der Waals surface area contributed by atoms with Crippen LogP contribution in [0.4, 0.5) is 5.69 Å². The summed E-state index contributed by atoms with van der Waals surface area (Å²) in [5.74, 6) is -0.247. The van der Waals surface area contributed by atoms with Crippen LogP contribution in [0, 0.1) is 13.8 Å². The molecule has 1 aromatic rings. The summed E-state index contributed by atoms with van der Waals surface area (Å²) in [5.41, 5.74) is 3.00. The summed E-state index contributed by atoms with van der Waals surface area (Å²) in [5, 5.41) is 5.31. The molecular weight excluding hydrogens is 248 g/mol. The molecule has 0 radical (unpaired) electrons. The van der Waals surface area contributed by atoms with E-state index in [-0.39, 0.29) is 17.6 Å². The number of rotatable bonds is 4. The number of hydrogen-bond acceptors (Lipinski definition) is 3. The van der Waals surface area contributed by atoms with Crippen molar-refractivity contribution in [2.75, 3.05) is 11.1 Å².